The van der Waals surface area contributed by atoms with E-state index in [9.17, 15) is 17.6 Å². The van der Waals surface area contributed by atoms with Crippen molar-refractivity contribution in [3.63, 3.8) is 0 Å². The third-order valence-electron chi connectivity index (χ3n) is 4.79. The molecule has 0 saturated heterocycles. The largest absolute Gasteiger partial charge is 0.489 e. The third-order valence-corrected chi connectivity index (χ3v) is 6.28. The maximum absolute atomic E-state index is 14.9. The van der Waals surface area contributed by atoms with Crippen molar-refractivity contribution in [1.29, 1.82) is 0 Å². The number of hydrogen-bond acceptors (Lipinski definition) is 5. The van der Waals surface area contributed by atoms with Gasteiger partial charge in [-0.1, -0.05) is 30.3 Å². The molecule has 150 valence electrons. The molecule has 1 aliphatic carbocycles. The summed E-state index contributed by atoms with van der Waals surface area (Å²) in [6, 6.07) is 14.3. The highest BCUT2D eigenvalue weighted by molar-refractivity contribution is 7.89. The Morgan fingerprint density at radius 3 is 2.50 bits per heavy atom. The molecule has 0 radical (unpaired) electrons. The average molecular weight is 407 g/mol. The number of benzene rings is 2. The van der Waals surface area contributed by atoms with E-state index in [-0.39, 0.29) is 17.7 Å². The summed E-state index contributed by atoms with van der Waals surface area (Å²) in [5.41, 5.74) is -1.36. The molecule has 1 fully saturated rings. The lowest BCUT2D eigenvalue weighted by Gasteiger charge is -2.25. The van der Waals surface area contributed by atoms with Crippen molar-refractivity contribution >= 4 is 16.0 Å². The minimum Gasteiger partial charge on any atom is -0.489 e. The first-order valence-electron chi connectivity index (χ1n) is 8.91. The topological polar surface area (TPSA) is 81.7 Å². The van der Waals surface area contributed by atoms with E-state index >= 15 is 0 Å². The summed E-state index contributed by atoms with van der Waals surface area (Å²) < 4.78 is 52.6. The third kappa shape index (κ3) is 4.34. The fourth-order valence-electron chi connectivity index (χ4n) is 3.24. The van der Waals surface area contributed by atoms with Gasteiger partial charge in [0.1, 0.15) is 12.4 Å². The van der Waals surface area contributed by atoms with Gasteiger partial charge in [0.25, 0.3) is 0 Å². The Kier molecular flexibility index (Phi) is 6.00. The second-order valence-corrected chi connectivity index (χ2v) is 8.38. The first-order chi connectivity index (χ1) is 13.3. The van der Waals surface area contributed by atoms with Crippen molar-refractivity contribution in [2.75, 3.05) is 7.11 Å². The van der Waals surface area contributed by atoms with Gasteiger partial charge in [-0.15, -0.1) is 0 Å². The van der Waals surface area contributed by atoms with Crippen LogP contribution in [0.4, 0.5) is 4.39 Å². The van der Waals surface area contributed by atoms with E-state index < -0.39 is 27.7 Å². The molecule has 0 amide bonds. The Hall–Kier alpha value is -2.45. The van der Waals surface area contributed by atoms with Crippen LogP contribution in [0.1, 0.15) is 24.8 Å². The first kappa shape index (κ1) is 20.3. The molecule has 28 heavy (non-hydrogen) atoms. The lowest BCUT2D eigenvalue weighted by Crippen LogP contribution is -2.51. The van der Waals surface area contributed by atoms with Crippen LogP contribution in [0.5, 0.6) is 5.75 Å². The number of sulfonamides is 1. The fraction of sp³-hybridized carbons (Fsp3) is 0.350. The van der Waals surface area contributed by atoms with Crippen LogP contribution < -0.4 is 9.46 Å². The van der Waals surface area contributed by atoms with E-state index in [1.165, 1.54) is 24.3 Å². The Labute approximate surface area is 163 Å². The highest BCUT2D eigenvalue weighted by Crippen LogP contribution is 2.36. The highest BCUT2D eigenvalue weighted by Gasteiger charge is 2.52. The fourth-order valence-corrected chi connectivity index (χ4v) is 4.55. The molecule has 2 aromatic carbocycles. The molecule has 1 aliphatic rings. The van der Waals surface area contributed by atoms with Gasteiger partial charge in [-0.2, -0.15) is 0 Å². The van der Waals surface area contributed by atoms with E-state index in [2.05, 4.69) is 9.46 Å². The van der Waals surface area contributed by atoms with E-state index in [4.69, 9.17) is 4.74 Å². The summed E-state index contributed by atoms with van der Waals surface area (Å²) in [5.74, 6) is -0.541. The van der Waals surface area contributed by atoms with Crippen LogP contribution in [0.3, 0.4) is 0 Å². The molecule has 0 heterocycles. The van der Waals surface area contributed by atoms with Gasteiger partial charge in [0.2, 0.25) is 15.7 Å². The summed E-state index contributed by atoms with van der Waals surface area (Å²) in [6.07, 6.45) is 0.549. The Balaban J connectivity index is 1.67. The molecule has 0 aliphatic heterocycles. The molecular weight excluding hydrogens is 385 g/mol. The summed E-state index contributed by atoms with van der Waals surface area (Å²) in [4.78, 5) is 11.7. The molecule has 0 spiro atoms. The lowest BCUT2D eigenvalue weighted by molar-refractivity contribution is -0.155. The molecule has 2 aromatic rings. The number of hydrogen-bond donors (Lipinski definition) is 1. The first-order valence-corrected chi connectivity index (χ1v) is 10.4. The Bertz CT molecular complexity index is 917. The van der Waals surface area contributed by atoms with Crippen molar-refractivity contribution in [2.45, 2.75) is 42.5 Å². The molecule has 0 unspecified atom stereocenters. The van der Waals surface area contributed by atoms with Gasteiger partial charge in [-0.3, -0.25) is 0 Å². The minimum absolute atomic E-state index is 0.0290. The lowest BCUT2D eigenvalue weighted by atomic mass is 10.0. The van der Waals surface area contributed by atoms with Crippen LogP contribution in [0.25, 0.3) is 0 Å². The number of halogens is 1. The monoisotopic (exact) mass is 407 g/mol. The molecule has 1 saturated carbocycles. The number of methoxy groups -OCH3 is 1. The van der Waals surface area contributed by atoms with Crippen LogP contribution in [0.2, 0.25) is 0 Å². The number of rotatable bonds is 7. The molecular formula is C20H22FNO5S. The maximum atomic E-state index is 14.9. The van der Waals surface area contributed by atoms with Crippen molar-refractivity contribution in [3.05, 3.63) is 60.2 Å². The number of esters is 1. The molecule has 8 heteroatoms. The Morgan fingerprint density at radius 1 is 1.18 bits per heavy atom. The maximum Gasteiger partial charge on any atom is 0.345 e. The molecule has 0 bridgehead atoms. The number of nitrogens with one attached hydrogen (secondary N) is 1. The highest BCUT2D eigenvalue weighted by atomic mass is 32.2. The minimum atomic E-state index is -3.99. The van der Waals surface area contributed by atoms with Gasteiger partial charge >= 0.3 is 5.97 Å². The zero-order valence-corrected chi connectivity index (χ0v) is 16.2. The standard InChI is InChI=1S/C20H22FNO5S/c1-26-19(23)20(21)13-5-8-18(20)22-28(24,25)17-11-9-16(10-12-17)27-14-15-6-3-2-4-7-15/h2-4,6-7,9-12,18,22H,5,8,13-14H2,1H3/t18-,20-/m1/s1. The summed E-state index contributed by atoms with van der Waals surface area (Å²) in [5, 5.41) is 0. The zero-order chi connectivity index (χ0) is 20.2. The van der Waals surface area contributed by atoms with Gasteiger partial charge in [0.15, 0.2) is 0 Å². The second-order valence-electron chi connectivity index (χ2n) is 6.67. The van der Waals surface area contributed by atoms with Crippen LogP contribution in [-0.4, -0.2) is 33.2 Å². The van der Waals surface area contributed by atoms with Gasteiger partial charge in [0, 0.05) is 0 Å². The number of ether oxygens (including phenoxy) is 2. The summed E-state index contributed by atoms with van der Waals surface area (Å²) in [7, 11) is -2.91. The number of carbonyl (C=O) groups excluding carboxylic acids is 1. The van der Waals surface area contributed by atoms with Crippen molar-refractivity contribution < 1.29 is 27.1 Å². The predicted molar refractivity (Wildman–Crippen MR) is 101 cm³/mol. The second kappa shape index (κ2) is 8.28. The molecule has 1 N–H and O–H groups in total. The van der Waals surface area contributed by atoms with E-state index in [1.807, 2.05) is 30.3 Å². The van der Waals surface area contributed by atoms with Crippen LogP contribution >= 0.6 is 0 Å². The van der Waals surface area contributed by atoms with Crippen molar-refractivity contribution in [2.24, 2.45) is 0 Å². The number of carbonyl (C=O) groups is 1. The van der Waals surface area contributed by atoms with Crippen LogP contribution in [0.15, 0.2) is 59.5 Å². The average Bonchev–Trinajstić information content (AvgIpc) is 3.07. The summed E-state index contributed by atoms with van der Waals surface area (Å²) in [6.45, 7) is 0.358. The van der Waals surface area contributed by atoms with Gasteiger partial charge < -0.3 is 9.47 Å². The smallest absolute Gasteiger partial charge is 0.345 e. The van der Waals surface area contributed by atoms with E-state index in [1.54, 1.807) is 0 Å². The molecule has 6 nitrogen and oxygen atoms in total. The van der Waals surface area contributed by atoms with Gasteiger partial charge in [0.05, 0.1) is 18.0 Å². The molecule has 0 aromatic heterocycles. The zero-order valence-electron chi connectivity index (χ0n) is 15.4. The van der Waals surface area contributed by atoms with Crippen molar-refractivity contribution in [1.82, 2.24) is 4.72 Å². The quantitative estimate of drug-likeness (QED) is 0.714. The predicted octanol–water partition coefficient (Wildman–Crippen LogP) is 2.98. The van der Waals surface area contributed by atoms with Crippen LogP contribution in [-0.2, 0) is 26.2 Å². The Morgan fingerprint density at radius 2 is 1.86 bits per heavy atom. The number of alkyl halides is 1. The molecule has 2 atom stereocenters. The van der Waals surface area contributed by atoms with E-state index in [0.717, 1.165) is 12.7 Å². The van der Waals surface area contributed by atoms with Gasteiger partial charge in [-0.25, -0.2) is 22.3 Å². The summed E-state index contributed by atoms with van der Waals surface area (Å²) >= 11 is 0. The van der Waals surface area contributed by atoms with Gasteiger partial charge in [-0.05, 0) is 49.1 Å². The van der Waals surface area contributed by atoms with E-state index in [0.29, 0.717) is 18.8 Å². The SMILES string of the molecule is COC(=O)[C@@]1(F)CCC[C@H]1NS(=O)(=O)c1ccc(OCc2ccccc2)cc1. The molecule has 3 rings (SSSR count). The van der Waals surface area contributed by atoms with Crippen LogP contribution in [0, 0.1) is 0 Å². The van der Waals surface area contributed by atoms with Crippen molar-refractivity contribution in [3.8, 4) is 5.75 Å². The normalized spacial score (nSPS) is 22.0.